The first kappa shape index (κ1) is 11.9. The molecule has 4 heteroatoms. The van der Waals surface area contributed by atoms with Gasteiger partial charge in [0.2, 0.25) is 0 Å². The molecule has 0 unspecified atom stereocenters. The van der Waals surface area contributed by atoms with E-state index in [9.17, 15) is 15.3 Å². The summed E-state index contributed by atoms with van der Waals surface area (Å²) in [5.41, 5.74) is -2.21. The molecule has 1 aliphatic rings. The highest BCUT2D eigenvalue weighted by Gasteiger charge is 2.43. The fraction of sp³-hybridized carbons (Fsp3) is 1.00. The molecular formula is C10H20O4. The maximum Gasteiger partial charge on any atom is 0.0878 e. The summed E-state index contributed by atoms with van der Waals surface area (Å²) >= 11 is 0. The fourth-order valence-electron chi connectivity index (χ4n) is 1.97. The minimum atomic E-state index is -1.16. The zero-order valence-corrected chi connectivity index (χ0v) is 8.77. The Labute approximate surface area is 84.2 Å². The van der Waals surface area contributed by atoms with E-state index in [4.69, 9.17) is 5.11 Å². The van der Waals surface area contributed by atoms with Gasteiger partial charge in [0.1, 0.15) is 0 Å². The van der Waals surface area contributed by atoms with Crippen molar-refractivity contribution >= 4 is 0 Å². The number of hydrogen-bond donors (Lipinski definition) is 4. The molecule has 0 aromatic rings. The second-order valence-electron chi connectivity index (χ2n) is 4.86. The Bertz CT molecular complexity index is 200. The summed E-state index contributed by atoms with van der Waals surface area (Å²) in [7, 11) is 0. The van der Waals surface area contributed by atoms with E-state index in [1.165, 1.54) is 0 Å². The molecule has 0 aromatic carbocycles. The van der Waals surface area contributed by atoms with Crippen LogP contribution in [0.1, 0.15) is 33.1 Å². The average molecular weight is 204 g/mol. The van der Waals surface area contributed by atoms with Gasteiger partial charge in [-0.1, -0.05) is 0 Å². The molecule has 0 bridgehead atoms. The molecule has 0 amide bonds. The molecule has 0 saturated heterocycles. The van der Waals surface area contributed by atoms with Crippen molar-refractivity contribution in [2.24, 2.45) is 5.92 Å². The smallest absolute Gasteiger partial charge is 0.0878 e. The summed E-state index contributed by atoms with van der Waals surface area (Å²) in [6, 6.07) is 0. The number of aliphatic hydroxyl groups excluding tert-OH is 2. The van der Waals surface area contributed by atoms with Crippen LogP contribution in [0.2, 0.25) is 0 Å². The first-order chi connectivity index (χ1) is 6.29. The van der Waals surface area contributed by atoms with Gasteiger partial charge in [0.15, 0.2) is 0 Å². The molecule has 14 heavy (non-hydrogen) atoms. The van der Waals surface area contributed by atoms with E-state index in [1.807, 2.05) is 0 Å². The maximum atomic E-state index is 9.79. The summed E-state index contributed by atoms with van der Waals surface area (Å²) < 4.78 is 0. The van der Waals surface area contributed by atoms with Crippen LogP contribution < -0.4 is 0 Å². The molecule has 0 aliphatic heterocycles. The van der Waals surface area contributed by atoms with E-state index in [0.29, 0.717) is 19.3 Å². The van der Waals surface area contributed by atoms with Gasteiger partial charge in [-0.15, -0.1) is 0 Å². The van der Waals surface area contributed by atoms with Crippen LogP contribution in [0.4, 0.5) is 0 Å². The molecule has 4 N–H and O–H groups in total. The predicted octanol–water partition coefficient (Wildman–Crippen LogP) is -0.358. The van der Waals surface area contributed by atoms with Crippen LogP contribution in [-0.2, 0) is 0 Å². The maximum absolute atomic E-state index is 9.79. The quantitative estimate of drug-likeness (QED) is 0.495. The van der Waals surface area contributed by atoms with Gasteiger partial charge in [-0.2, -0.15) is 0 Å². The molecule has 1 saturated carbocycles. The topological polar surface area (TPSA) is 80.9 Å². The van der Waals surface area contributed by atoms with E-state index in [2.05, 4.69) is 0 Å². The highest BCUT2D eigenvalue weighted by Crippen LogP contribution is 2.37. The Hall–Kier alpha value is -0.160. The third kappa shape index (κ3) is 2.25. The highest BCUT2D eigenvalue weighted by atomic mass is 16.3. The van der Waals surface area contributed by atoms with Crippen molar-refractivity contribution in [2.45, 2.75) is 50.4 Å². The molecule has 0 radical (unpaired) electrons. The molecule has 84 valence electrons. The highest BCUT2D eigenvalue weighted by molar-refractivity contribution is 4.95. The molecule has 1 aliphatic carbocycles. The van der Waals surface area contributed by atoms with Gasteiger partial charge < -0.3 is 20.4 Å². The van der Waals surface area contributed by atoms with Crippen LogP contribution in [0, 0.1) is 5.92 Å². The van der Waals surface area contributed by atoms with Gasteiger partial charge in [0.25, 0.3) is 0 Å². The summed E-state index contributed by atoms with van der Waals surface area (Å²) in [4.78, 5) is 0. The van der Waals surface area contributed by atoms with Crippen LogP contribution >= 0.6 is 0 Å². The third-order valence-electron chi connectivity index (χ3n) is 3.42. The number of rotatable bonds is 2. The minimum absolute atomic E-state index is 0.150. The summed E-state index contributed by atoms with van der Waals surface area (Å²) in [5, 5.41) is 38.1. The average Bonchev–Trinajstić information content (AvgIpc) is 2.09. The zero-order chi connectivity index (χ0) is 11.0. The van der Waals surface area contributed by atoms with E-state index < -0.39 is 17.3 Å². The second-order valence-corrected chi connectivity index (χ2v) is 4.86. The Morgan fingerprint density at radius 1 is 1.50 bits per heavy atom. The lowest BCUT2D eigenvalue weighted by molar-refractivity contribution is -0.139. The van der Waals surface area contributed by atoms with Crippen molar-refractivity contribution in [1.82, 2.24) is 0 Å². The van der Waals surface area contributed by atoms with Gasteiger partial charge in [0.05, 0.1) is 23.9 Å². The molecule has 0 heterocycles. The van der Waals surface area contributed by atoms with Gasteiger partial charge in [-0.3, -0.25) is 0 Å². The normalized spacial score (nSPS) is 43.3. The Kier molecular flexibility index (Phi) is 3.21. The molecule has 4 atom stereocenters. The van der Waals surface area contributed by atoms with Crippen molar-refractivity contribution in [3.8, 4) is 0 Å². The minimum Gasteiger partial charge on any atom is -0.393 e. The van der Waals surface area contributed by atoms with E-state index in [1.54, 1.807) is 13.8 Å². The largest absolute Gasteiger partial charge is 0.393 e. The lowest BCUT2D eigenvalue weighted by atomic mass is 9.71. The van der Waals surface area contributed by atoms with Crippen LogP contribution in [0.5, 0.6) is 0 Å². The molecule has 4 nitrogen and oxygen atoms in total. The standard InChI is InChI=1S/C10H20O4/c1-9(13)4-3-7(5-8(9)12)10(2,14)6-11/h7-8,11-14H,3-6H2,1-2H3/t7-,8+,9+,10-/m1/s1. The summed E-state index contributed by atoms with van der Waals surface area (Å²) in [5.74, 6) is -0.150. The first-order valence-electron chi connectivity index (χ1n) is 5.03. The van der Waals surface area contributed by atoms with Crippen LogP contribution in [0.15, 0.2) is 0 Å². The van der Waals surface area contributed by atoms with Crippen molar-refractivity contribution in [2.75, 3.05) is 6.61 Å². The Morgan fingerprint density at radius 3 is 2.50 bits per heavy atom. The van der Waals surface area contributed by atoms with Gasteiger partial charge >= 0.3 is 0 Å². The third-order valence-corrected chi connectivity index (χ3v) is 3.42. The molecular weight excluding hydrogens is 184 g/mol. The van der Waals surface area contributed by atoms with Gasteiger partial charge in [0, 0.05) is 0 Å². The van der Waals surface area contributed by atoms with Crippen molar-refractivity contribution in [1.29, 1.82) is 0 Å². The summed E-state index contributed by atoms with van der Waals surface area (Å²) in [6.07, 6.45) is 0.590. The van der Waals surface area contributed by atoms with Crippen LogP contribution in [-0.4, -0.2) is 44.3 Å². The van der Waals surface area contributed by atoms with E-state index in [-0.39, 0.29) is 12.5 Å². The Morgan fingerprint density at radius 2 is 2.07 bits per heavy atom. The zero-order valence-electron chi connectivity index (χ0n) is 8.77. The van der Waals surface area contributed by atoms with Crippen LogP contribution in [0.3, 0.4) is 0 Å². The van der Waals surface area contributed by atoms with Crippen molar-refractivity contribution in [3.63, 3.8) is 0 Å². The number of hydrogen-bond acceptors (Lipinski definition) is 4. The lowest BCUT2D eigenvalue weighted by Gasteiger charge is -2.42. The molecule has 0 spiro atoms. The fourth-order valence-corrected chi connectivity index (χ4v) is 1.97. The lowest BCUT2D eigenvalue weighted by Crippen LogP contribution is -2.50. The number of aliphatic hydroxyl groups is 4. The van der Waals surface area contributed by atoms with Crippen molar-refractivity contribution in [3.05, 3.63) is 0 Å². The van der Waals surface area contributed by atoms with Gasteiger partial charge in [-0.25, -0.2) is 0 Å². The second kappa shape index (κ2) is 3.77. The summed E-state index contributed by atoms with van der Waals surface area (Å²) in [6.45, 7) is 2.85. The SMILES string of the molecule is C[C@]1(O)CC[C@@H]([C@](C)(O)CO)C[C@@H]1O. The van der Waals surface area contributed by atoms with Crippen LogP contribution in [0.25, 0.3) is 0 Å². The predicted molar refractivity (Wildman–Crippen MR) is 51.7 cm³/mol. The van der Waals surface area contributed by atoms with E-state index >= 15 is 0 Å². The molecule has 1 rings (SSSR count). The molecule has 1 fully saturated rings. The van der Waals surface area contributed by atoms with Gasteiger partial charge in [-0.05, 0) is 39.0 Å². The first-order valence-corrected chi connectivity index (χ1v) is 5.03. The Balaban J connectivity index is 2.63. The van der Waals surface area contributed by atoms with Crippen molar-refractivity contribution < 1.29 is 20.4 Å². The molecule has 0 aromatic heterocycles. The monoisotopic (exact) mass is 204 g/mol. The van der Waals surface area contributed by atoms with E-state index in [0.717, 1.165) is 0 Å².